The third-order valence-corrected chi connectivity index (χ3v) is 3.66. The monoisotopic (exact) mass is 259 g/mol. The highest BCUT2D eigenvalue weighted by Gasteiger charge is 2.21. The van der Waals surface area contributed by atoms with E-state index in [0.717, 1.165) is 36.4 Å². The average molecular weight is 260 g/mol. The molecule has 2 aromatic rings. The Morgan fingerprint density at radius 1 is 1.28 bits per heavy atom. The van der Waals surface area contributed by atoms with Crippen LogP contribution in [-0.4, -0.2) is 11.5 Å². The Kier molecular flexibility index (Phi) is 2.84. The summed E-state index contributed by atoms with van der Waals surface area (Å²) in [6.45, 7) is 1.74. The maximum atomic E-state index is 6.10. The quantitative estimate of drug-likeness (QED) is 0.666. The Morgan fingerprint density at radius 2 is 2.17 bits per heavy atom. The minimum Gasteiger partial charge on any atom is -0.397 e. The van der Waals surface area contributed by atoms with Crippen LogP contribution in [0, 0.1) is 0 Å². The lowest BCUT2D eigenvalue weighted by Gasteiger charge is -2.21. The van der Waals surface area contributed by atoms with Gasteiger partial charge in [-0.2, -0.15) is 0 Å². The zero-order chi connectivity index (χ0) is 12.5. The molecule has 4 heteroatoms. The average Bonchev–Trinajstić information content (AvgIpc) is 2.77. The summed E-state index contributed by atoms with van der Waals surface area (Å²) in [5, 5.41) is 0.570. The second-order valence-corrected chi connectivity index (χ2v) is 4.84. The van der Waals surface area contributed by atoms with Crippen molar-refractivity contribution < 1.29 is 0 Å². The van der Waals surface area contributed by atoms with Crippen molar-refractivity contribution in [1.82, 2.24) is 4.98 Å². The largest absolute Gasteiger partial charge is 0.397 e. The van der Waals surface area contributed by atoms with E-state index >= 15 is 0 Å². The molecule has 0 amide bonds. The highest BCUT2D eigenvalue weighted by atomic mass is 35.5. The van der Waals surface area contributed by atoms with Crippen LogP contribution in [0.15, 0.2) is 36.5 Å². The minimum absolute atomic E-state index is 0.570. The molecule has 1 aromatic heterocycles. The van der Waals surface area contributed by atoms with E-state index in [2.05, 4.69) is 16.0 Å². The van der Waals surface area contributed by atoms with E-state index < -0.39 is 0 Å². The standard InChI is InChI=1S/C14H14ClN3/c15-14-11(4-2-7-17-14)9-18-8-6-10-3-1-5-12(16)13(10)18/h1-5,7H,6,8-9,16H2. The summed E-state index contributed by atoms with van der Waals surface area (Å²) in [5.41, 5.74) is 10.4. The molecule has 18 heavy (non-hydrogen) atoms. The van der Waals surface area contributed by atoms with Gasteiger partial charge in [-0.1, -0.05) is 29.8 Å². The molecule has 1 aliphatic heterocycles. The zero-order valence-electron chi connectivity index (χ0n) is 9.94. The third-order valence-electron chi connectivity index (χ3n) is 3.32. The molecule has 92 valence electrons. The lowest BCUT2D eigenvalue weighted by Crippen LogP contribution is -2.20. The van der Waals surface area contributed by atoms with Crippen molar-refractivity contribution in [3.63, 3.8) is 0 Å². The zero-order valence-corrected chi connectivity index (χ0v) is 10.7. The van der Waals surface area contributed by atoms with Crippen molar-refractivity contribution in [3.05, 3.63) is 52.8 Å². The number of fused-ring (bicyclic) bond motifs is 1. The number of rotatable bonds is 2. The molecular formula is C14H14ClN3. The van der Waals surface area contributed by atoms with E-state index in [1.807, 2.05) is 24.3 Å². The summed E-state index contributed by atoms with van der Waals surface area (Å²) in [6, 6.07) is 10.0. The van der Waals surface area contributed by atoms with Gasteiger partial charge in [0.2, 0.25) is 0 Å². The number of nitrogen functional groups attached to an aromatic ring is 1. The molecule has 1 aromatic carbocycles. The van der Waals surface area contributed by atoms with Gasteiger partial charge in [-0.3, -0.25) is 0 Å². The second kappa shape index (κ2) is 4.50. The normalized spacial score (nSPS) is 13.7. The van der Waals surface area contributed by atoms with Crippen LogP contribution in [0.3, 0.4) is 0 Å². The summed E-state index contributed by atoms with van der Waals surface area (Å²) in [7, 11) is 0. The van der Waals surface area contributed by atoms with Gasteiger partial charge >= 0.3 is 0 Å². The fraction of sp³-hybridized carbons (Fsp3) is 0.214. The number of pyridine rings is 1. The van der Waals surface area contributed by atoms with Gasteiger partial charge in [-0.25, -0.2) is 4.98 Å². The molecule has 0 atom stereocenters. The van der Waals surface area contributed by atoms with Gasteiger partial charge in [0.05, 0.1) is 11.4 Å². The van der Waals surface area contributed by atoms with E-state index in [1.54, 1.807) is 6.20 Å². The van der Waals surface area contributed by atoms with Crippen LogP contribution in [0.5, 0.6) is 0 Å². The molecule has 0 aliphatic carbocycles. The number of aromatic nitrogens is 1. The number of halogens is 1. The van der Waals surface area contributed by atoms with Gasteiger partial charge in [0.1, 0.15) is 5.15 Å². The van der Waals surface area contributed by atoms with Crippen molar-refractivity contribution in [2.24, 2.45) is 0 Å². The number of para-hydroxylation sites is 1. The van der Waals surface area contributed by atoms with Crippen molar-refractivity contribution in [2.45, 2.75) is 13.0 Å². The molecule has 0 saturated carbocycles. The first-order valence-corrected chi connectivity index (χ1v) is 6.35. The Hall–Kier alpha value is -1.74. The number of nitrogens with zero attached hydrogens (tertiary/aromatic N) is 2. The van der Waals surface area contributed by atoms with E-state index in [1.165, 1.54) is 5.56 Å². The summed E-state index contributed by atoms with van der Waals surface area (Å²) in [6.07, 6.45) is 2.75. The van der Waals surface area contributed by atoms with Crippen molar-refractivity contribution in [2.75, 3.05) is 17.2 Å². The summed E-state index contributed by atoms with van der Waals surface area (Å²) in [4.78, 5) is 6.38. The molecule has 0 unspecified atom stereocenters. The number of hydrogen-bond acceptors (Lipinski definition) is 3. The van der Waals surface area contributed by atoms with Gasteiger partial charge in [-0.05, 0) is 24.1 Å². The van der Waals surface area contributed by atoms with E-state index in [4.69, 9.17) is 17.3 Å². The lowest BCUT2D eigenvalue weighted by atomic mass is 10.1. The third kappa shape index (κ3) is 1.91. The molecule has 0 fully saturated rings. The Morgan fingerprint density at radius 3 is 3.00 bits per heavy atom. The number of hydrogen-bond donors (Lipinski definition) is 1. The van der Waals surface area contributed by atoms with Crippen LogP contribution in [0.1, 0.15) is 11.1 Å². The lowest BCUT2D eigenvalue weighted by molar-refractivity contribution is 0.833. The Balaban J connectivity index is 1.92. The predicted molar refractivity (Wildman–Crippen MR) is 74.9 cm³/mol. The van der Waals surface area contributed by atoms with Gasteiger partial charge in [0, 0.05) is 24.8 Å². The molecular weight excluding hydrogens is 246 g/mol. The predicted octanol–water partition coefficient (Wildman–Crippen LogP) is 2.88. The molecule has 0 spiro atoms. The highest BCUT2D eigenvalue weighted by Crippen LogP contribution is 2.35. The first-order chi connectivity index (χ1) is 8.75. The summed E-state index contributed by atoms with van der Waals surface area (Å²) in [5.74, 6) is 0. The van der Waals surface area contributed by atoms with Crippen LogP contribution < -0.4 is 10.6 Å². The molecule has 1 aliphatic rings. The van der Waals surface area contributed by atoms with Gasteiger partial charge < -0.3 is 10.6 Å². The van der Waals surface area contributed by atoms with Crippen LogP contribution in [-0.2, 0) is 13.0 Å². The number of benzene rings is 1. The molecule has 0 saturated heterocycles. The summed E-state index contributed by atoms with van der Waals surface area (Å²) >= 11 is 6.10. The molecule has 3 rings (SSSR count). The topological polar surface area (TPSA) is 42.1 Å². The Bertz CT molecular complexity index is 583. The van der Waals surface area contributed by atoms with E-state index in [9.17, 15) is 0 Å². The first-order valence-electron chi connectivity index (χ1n) is 5.97. The second-order valence-electron chi connectivity index (χ2n) is 4.48. The van der Waals surface area contributed by atoms with Gasteiger partial charge in [0.15, 0.2) is 0 Å². The molecule has 0 bridgehead atoms. The van der Waals surface area contributed by atoms with Gasteiger partial charge in [0.25, 0.3) is 0 Å². The molecule has 2 heterocycles. The van der Waals surface area contributed by atoms with Crippen molar-refractivity contribution in [3.8, 4) is 0 Å². The maximum absolute atomic E-state index is 6.10. The minimum atomic E-state index is 0.570. The van der Waals surface area contributed by atoms with Crippen LogP contribution in [0.4, 0.5) is 11.4 Å². The smallest absolute Gasteiger partial charge is 0.133 e. The van der Waals surface area contributed by atoms with Crippen LogP contribution in [0.25, 0.3) is 0 Å². The molecule has 2 N–H and O–H groups in total. The van der Waals surface area contributed by atoms with Crippen LogP contribution >= 0.6 is 11.6 Å². The fourth-order valence-electron chi connectivity index (χ4n) is 2.47. The fourth-order valence-corrected chi connectivity index (χ4v) is 2.65. The number of nitrogens with two attached hydrogens (primary N) is 1. The van der Waals surface area contributed by atoms with E-state index in [-0.39, 0.29) is 0 Å². The van der Waals surface area contributed by atoms with Crippen molar-refractivity contribution >= 4 is 23.0 Å². The first kappa shape index (κ1) is 11.4. The highest BCUT2D eigenvalue weighted by molar-refractivity contribution is 6.30. The SMILES string of the molecule is Nc1cccc2c1N(Cc1cccnc1Cl)CC2. The molecule has 0 radical (unpaired) electrons. The van der Waals surface area contributed by atoms with Crippen LogP contribution in [0.2, 0.25) is 5.15 Å². The maximum Gasteiger partial charge on any atom is 0.133 e. The Labute approximate surface area is 111 Å². The van der Waals surface area contributed by atoms with E-state index in [0.29, 0.717) is 5.15 Å². The summed E-state index contributed by atoms with van der Waals surface area (Å²) < 4.78 is 0. The van der Waals surface area contributed by atoms with Crippen molar-refractivity contribution in [1.29, 1.82) is 0 Å². The van der Waals surface area contributed by atoms with Gasteiger partial charge in [-0.15, -0.1) is 0 Å². The number of anilines is 2. The molecule has 3 nitrogen and oxygen atoms in total.